The number of thioether (sulfide) groups is 1. The predicted molar refractivity (Wildman–Crippen MR) is 108 cm³/mol. The molecule has 28 heavy (non-hydrogen) atoms. The Bertz CT molecular complexity index is 1130. The number of nitrogens with one attached hydrogen (secondary N) is 1. The number of aliphatic carboxylic acids is 1. The number of aryl methyl sites for hydroxylation is 1. The highest BCUT2D eigenvalue weighted by molar-refractivity contribution is 8.00. The lowest BCUT2D eigenvalue weighted by molar-refractivity contribution is -0.301. The summed E-state index contributed by atoms with van der Waals surface area (Å²) in [5, 5.41) is 22.1. The minimum atomic E-state index is -3.86. The van der Waals surface area contributed by atoms with Crippen molar-refractivity contribution in [3.05, 3.63) is 60.2 Å². The molecule has 0 unspecified atom stereocenters. The molecule has 8 heteroatoms. The monoisotopic (exact) mass is 416 g/mol. The van der Waals surface area contributed by atoms with Crippen LogP contribution in [-0.4, -0.2) is 25.2 Å². The van der Waals surface area contributed by atoms with E-state index in [1.807, 2.05) is 6.92 Å². The van der Waals surface area contributed by atoms with Crippen molar-refractivity contribution < 1.29 is 23.4 Å². The van der Waals surface area contributed by atoms with Gasteiger partial charge in [-0.25, -0.2) is 8.42 Å². The maximum atomic E-state index is 12.8. The Morgan fingerprint density at radius 3 is 2.36 bits per heavy atom. The lowest BCUT2D eigenvalue weighted by Gasteiger charge is -2.15. The fraction of sp³-hybridized carbons (Fsp3) is 0.150. The van der Waals surface area contributed by atoms with Crippen molar-refractivity contribution in [3.63, 3.8) is 0 Å². The molecule has 0 spiro atoms. The highest BCUT2D eigenvalue weighted by Crippen LogP contribution is 2.40. The number of carbonyl (C=O) groups is 1. The Morgan fingerprint density at radius 1 is 1.11 bits per heavy atom. The molecule has 0 bridgehead atoms. The van der Waals surface area contributed by atoms with E-state index in [0.717, 1.165) is 23.7 Å². The highest BCUT2D eigenvalue weighted by Gasteiger charge is 2.18. The SMILES string of the molecule is CCc1ccc(S(=O)(=O)Nc2cc(SCC(=O)[O-])c(O)c3ccccc23)cc1. The zero-order valence-electron chi connectivity index (χ0n) is 15.0. The third kappa shape index (κ3) is 4.23. The van der Waals surface area contributed by atoms with Crippen molar-refractivity contribution in [1.82, 2.24) is 0 Å². The number of rotatable bonds is 7. The van der Waals surface area contributed by atoms with Crippen molar-refractivity contribution in [3.8, 4) is 5.75 Å². The molecule has 0 aliphatic carbocycles. The van der Waals surface area contributed by atoms with Crippen LogP contribution in [0.1, 0.15) is 12.5 Å². The van der Waals surface area contributed by atoms with Crippen LogP contribution in [0.3, 0.4) is 0 Å². The third-order valence-electron chi connectivity index (χ3n) is 4.21. The number of carboxylic acids is 1. The molecule has 0 saturated carbocycles. The van der Waals surface area contributed by atoms with Crippen LogP contribution in [0.4, 0.5) is 5.69 Å². The number of benzene rings is 3. The van der Waals surface area contributed by atoms with Gasteiger partial charge < -0.3 is 15.0 Å². The summed E-state index contributed by atoms with van der Waals surface area (Å²) >= 11 is 0.864. The lowest BCUT2D eigenvalue weighted by Crippen LogP contribution is -2.24. The van der Waals surface area contributed by atoms with Gasteiger partial charge in [0.05, 0.1) is 21.4 Å². The molecule has 0 aliphatic heterocycles. The Morgan fingerprint density at radius 2 is 1.75 bits per heavy atom. The second-order valence-electron chi connectivity index (χ2n) is 6.08. The number of fused-ring (bicyclic) bond motifs is 1. The van der Waals surface area contributed by atoms with Crippen LogP contribution < -0.4 is 9.83 Å². The molecule has 146 valence electrons. The molecule has 0 amide bonds. The second kappa shape index (κ2) is 8.12. The first-order chi connectivity index (χ1) is 13.3. The Labute approximate surface area is 167 Å². The average molecular weight is 417 g/mol. The Balaban J connectivity index is 2.05. The fourth-order valence-electron chi connectivity index (χ4n) is 2.77. The number of phenolic OH excluding ortho intramolecular Hbond substituents is 1. The zero-order valence-corrected chi connectivity index (χ0v) is 16.6. The molecule has 3 aromatic carbocycles. The van der Waals surface area contributed by atoms with Gasteiger partial charge in [-0.2, -0.15) is 0 Å². The van der Waals surface area contributed by atoms with E-state index in [1.54, 1.807) is 36.4 Å². The van der Waals surface area contributed by atoms with E-state index in [9.17, 15) is 23.4 Å². The van der Waals surface area contributed by atoms with Crippen LogP contribution in [0.5, 0.6) is 5.75 Å². The molecule has 3 aromatic rings. The highest BCUT2D eigenvalue weighted by atomic mass is 32.2. The van der Waals surface area contributed by atoms with Gasteiger partial charge in [0.15, 0.2) is 0 Å². The van der Waals surface area contributed by atoms with Crippen LogP contribution >= 0.6 is 11.8 Å². The summed E-state index contributed by atoms with van der Waals surface area (Å²) in [5.41, 5.74) is 1.28. The Kier molecular flexibility index (Phi) is 5.81. The molecule has 0 fully saturated rings. The number of hydrogen-bond acceptors (Lipinski definition) is 6. The summed E-state index contributed by atoms with van der Waals surface area (Å²) in [6, 6.07) is 14.8. The molecule has 0 saturated heterocycles. The maximum absolute atomic E-state index is 12.8. The van der Waals surface area contributed by atoms with Crippen LogP contribution in [0.2, 0.25) is 0 Å². The average Bonchev–Trinajstić information content (AvgIpc) is 2.69. The third-order valence-corrected chi connectivity index (χ3v) is 6.60. The van der Waals surface area contributed by atoms with Gasteiger partial charge in [-0.3, -0.25) is 4.72 Å². The van der Waals surface area contributed by atoms with E-state index >= 15 is 0 Å². The van der Waals surface area contributed by atoms with Gasteiger partial charge in [0.2, 0.25) is 0 Å². The number of phenols is 1. The minimum absolute atomic E-state index is 0.0999. The summed E-state index contributed by atoms with van der Waals surface area (Å²) in [7, 11) is -3.86. The Hall–Kier alpha value is -2.71. The summed E-state index contributed by atoms with van der Waals surface area (Å²) in [6.45, 7) is 1.98. The summed E-state index contributed by atoms with van der Waals surface area (Å²) in [5.74, 6) is -1.75. The van der Waals surface area contributed by atoms with Gasteiger partial charge in [0.25, 0.3) is 10.0 Å². The number of carbonyl (C=O) groups excluding carboxylic acids is 1. The quantitative estimate of drug-likeness (QED) is 0.453. The summed E-state index contributed by atoms with van der Waals surface area (Å²) < 4.78 is 28.2. The van der Waals surface area contributed by atoms with Crippen LogP contribution in [-0.2, 0) is 21.2 Å². The second-order valence-corrected chi connectivity index (χ2v) is 8.78. The first-order valence-electron chi connectivity index (χ1n) is 8.51. The summed E-state index contributed by atoms with van der Waals surface area (Å²) in [4.78, 5) is 11.1. The molecule has 0 heterocycles. The van der Waals surface area contributed by atoms with Crippen LogP contribution in [0.25, 0.3) is 10.8 Å². The number of carboxylic acid groups (broad SMARTS) is 1. The fourth-order valence-corrected chi connectivity index (χ4v) is 4.57. The van der Waals surface area contributed by atoms with Crippen LogP contribution in [0.15, 0.2) is 64.4 Å². The molecule has 0 radical (unpaired) electrons. The van der Waals surface area contributed by atoms with E-state index < -0.39 is 16.0 Å². The lowest BCUT2D eigenvalue weighted by atomic mass is 10.1. The number of sulfonamides is 1. The molecule has 2 N–H and O–H groups in total. The van der Waals surface area contributed by atoms with Crippen molar-refractivity contribution in [1.29, 1.82) is 0 Å². The number of aromatic hydroxyl groups is 1. The smallest absolute Gasteiger partial charge is 0.261 e. The predicted octanol–water partition coefficient (Wildman–Crippen LogP) is 2.75. The first-order valence-corrected chi connectivity index (χ1v) is 11.0. The van der Waals surface area contributed by atoms with Gasteiger partial charge in [-0.1, -0.05) is 43.3 Å². The molecular formula is C20H18NO5S2-. The number of anilines is 1. The van der Waals surface area contributed by atoms with Gasteiger partial charge >= 0.3 is 0 Å². The van der Waals surface area contributed by atoms with E-state index in [0.29, 0.717) is 10.8 Å². The molecule has 3 rings (SSSR count). The van der Waals surface area contributed by atoms with E-state index in [1.165, 1.54) is 18.2 Å². The van der Waals surface area contributed by atoms with Crippen molar-refractivity contribution in [2.75, 3.05) is 10.5 Å². The van der Waals surface area contributed by atoms with E-state index in [-0.39, 0.29) is 27.0 Å². The van der Waals surface area contributed by atoms with Gasteiger partial charge in [0, 0.05) is 16.5 Å². The molecule has 0 atom stereocenters. The number of hydrogen-bond donors (Lipinski definition) is 2. The van der Waals surface area contributed by atoms with E-state index in [2.05, 4.69) is 4.72 Å². The first kappa shape index (κ1) is 20.0. The van der Waals surface area contributed by atoms with E-state index in [4.69, 9.17) is 0 Å². The van der Waals surface area contributed by atoms with Crippen molar-refractivity contribution in [2.45, 2.75) is 23.1 Å². The van der Waals surface area contributed by atoms with Gasteiger partial charge in [-0.15, -0.1) is 11.8 Å². The topological polar surface area (TPSA) is 107 Å². The zero-order chi connectivity index (χ0) is 20.3. The molecule has 0 aromatic heterocycles. The van der Waals surface area contributed by atoms with Gasteiger partial charge in [0.1, 0.15) is 5.75 Å². The molecule has 6 nitrogen and oxygen atoms in total. The minimum Gasteiger partial charge on any atom is -0.549 e. The maximum Gasteiger partial charge on any atom is 0.261 e. The van der Waals surface area contributed by atoms with Crippen molar-refractivity contribution >= 4 is 44.2 Å². The van der Waals surface area contributed by atoms with Crippen LogP contribution in [0, 0.1) is 0 Å². The largest absolute Gasteiger partial charge is 0.549 e. The standard InChI is InChI=1S/C20H19NO5S2/c1-2-13-7-9-14(10-8-13)28(25,26)21-17-11-18(27-12-19(22)23)20(24)16-6-4-3-5-15(16)17/h3-11,21,24H,2,12H2,1H3,(H,22,23)/p-1. The summed E-state index contributed by atoms with van der Waals surface area (Å²) in [6.07, 6.45) is 0.801. The van der Waals surface area contributed by atoms with Crippen molar-refractivity contribution in [2.24, 2.45) is 0 Å². The normalized spacial score (nSPS) is 11.5. The molecular weight excluding hydrogens is 398 g/mol. The van der Waals surface area contributed by atoms with Gasteiger partial charge in [-0.05, 0) is 30.2 Å². The molecule has 0 aliphatic rings.